The topological polar surface area (TPSA) is 64.3 Å². The summed E-state index contributed by atoms with van der Waals surface area (Å²) in [6.45, 7) is 7.58. The van der Waals surface area contributed by atoms with E-state index in [9.17, 15) is 4.79 Å². The second kappa shape index (κ2) is 7.79. The monoisotopic (exact) mass is 264 g/mol. The van der Waals surface area contributed by atoms with E-state index in [4.69, 9.17) is 10.5 Å². The van der Waals surface area contributed by atoms with E-state index in [1.54, 1.807) is 24.3 Å². The molecule has 106 valence electrons. The molecule has 0 spiro atoms. The van der Waals surface area contributed by atoms with Gasteiger partial charge in [0.25, 0.3) is 0 Å². The smallest absolute Gasteiger partial charge is 0.338 e. The van der Waals surface area contributed by atoms with Crippen LogP contribution < -0.4 is 11.1 Å². The number of hydrogen-bond donors (Lipinski definition) is 2. The third-order valence-electron chi connectivity index (χ3n) is 2.80. The van der Waals surface area contributed by atoms with E-state index < -0.39 is 0 Å². The van der Waals surface area contributed by atoms with Crippen LogP contribution in [0.4, 0.5) is 5.69 Å². The van der Waals surface area contributed by atoms with Crippen molar-refractivity contribution in [2.24, 2.45) is 5.92 Å². The van der Waals surface area contributed by atoms with E-state index in [0.717, 1.165) is 6.42 Å². The SMILES string of the molecule is CC(C)C[C@H](C)NCCOC(=O)c1ccc(N)cc1. The van der Waals surface area contributed by atoms with Crippen LogP contribution in [0.5, 0.6) is 0 Å². The molecule has 4 nitrogen and oxygen atoms in total. The fourth-order valence-corrected chi connectivity index (χ4v) is 1.94. The van der Waals surface area contributed by atoms with Gasteiger partial charge in [-0.15, -0.1) is 0 Å². The van der Waals surface area contributed by atoms with Crippen LogP contribution in [-0.4, -0.2) is 25.2 Å². The number of nitrogens with two attached hydrogens (primary N) is 1. The number of carbonyl (C=O) groups excluding carboxylic acids is 1. The van der Waals surface area contributed by atoms with Crippen molar-refractivity contribution in [3.8, 4) is 0 Å². The van der Waals surface area contributed by atoms with Crippen molar-refractivity contribution in [1.29, 1.82) is 0 Å². The van der Waals surface area contributed by atoms with Gasteiger partial charge < -0.3 is 15.8 Å². The average molecular weight is 264 g/mol. The number of carbonyl (C=O) groups is 1. The molecule has 4 heteroatoms. The van der Waals surface area contributed by atoms with Crippen LogP contribution in [0, 0.1) is 5.92 Å². The first kappa shape index (κ1) is 15.5. The van der Waals surface area contributed by atoms with Gasteiger partial charge in [-0.1, -0.05) is 13.8 Å². The summed E-state index contributed by atoms with van der Waals surface area (Å²) in [5.41, 5.74) is 6.73. The molecule has 1 atom stereocenters. The molecule has 0 saturated heterocycles. The van der Waals surface area contributed by atoms with Gasteiger partial charge in [-0.3, -0.25) is 0 Å². The molecule has 0 saturated carbocycles. The Labute approximate surface area is 115 Å². The van der Waals surface area contributed by atoms with E-state index in [1.807, 2.05) is 0 Å². The van der Waals surface area contributed by atoms with Gasteiger partial charge in [0.15, 0.2) is 0 Å². The van der Waals surface area contributed by atoms with Crippen molar-refractivity contribution in [3.63, 3.8) is 0 Å². The zero-order chi connectivity index (χ0) is 14.3. The zero-order valence-corrected chi connectivity index (χ0v) is 12.0. The summed E-state index contributed by atoms with van der Waals surface area (Å²) in [6, 6.07) is 7.17. The maximum absolute atomic E-state index is 11.7. The number of anilines is 1. The summed E-state index contributed by atoms with van der Waals surface area (Å²) in [5.74, 6) is 0.359. The molecule has 0 heterocycles. The minimum Gasteiger partial charge on any atom is -0.461 e. The molecular weight excluding hydrogens is 240 g/mol. The van der Waals surface area contributed by atoms with Crippen molar-refractivity contribution >= 4 is 11.7 Å². The second-order valence-corrected chi connectivity index (χ2v) is 5.24. The Morgan fingerprint density at radius 2 is 1.89 bits per heavy atom. The molecule has 0 bridgehead atoms. The van der Waals surface area contributed by atoms with Gasteiger partial charge in [-0.05, 0) is 43.5 Å². The van der Waals surface area contributed by atoms with Gasteiger partial charge in [-0.25, -0.2) is 4.79 Å². The number of rotatable bonds is 7. The fraction of sp³-hybridized carbons (Fsp3) is 0.533. The first-order chi connectivity index (χ1) is 8.99. The summed E-state index contributed by atoms with van der Waals surface area (Å²) in [4.78, 5) is 11.7. The lowest BCUT2D eigenvalue weighted by Gasteiger charge is -2.15. The van der Waals surface area contributed by atoms with Crippen LogP contribution in [0.3, 0.4) is 0 Å². The van der Waals surface area contributed by atoms with E-state index in [-0.39, 0.29) is 5.97 Å². The van der Waals surface area contributed by atoms with Crippen LogP contribution in [0.15, 0.2) is 24.3 Å². The third kappa shape index (κ3) is 6.25. The summed E-state index contributed by atoms with van der Waals surface area (Å²) in [5, 5.41) is 3.33. The Hall–Kier alpha value is -1.55. The van der Waals surface area contributed by atoms with Crippen molar-refractivity contribution in [2.75, 3.05) is 18.9 Å². The fourth-order valence-electron chi connectivity index (χ4n) is 1.94. The highest BCUT2D eigenvalue weighted by atomic mass is 16.5. The van der Waals surface area contributed by atoms with Crippen molar-refractivity contribution in [3.05, 3.63) is 29.8 Å². The highest BCUT2D eigenvalue weighted by molar-refractivity contribution is 5.89. The third-order valence-corrected chi connectivity index (χ3v) is 2.80. The molecule has 0 aliphatic rings. The molecule has 0 unspecified atom stereocenters. The Kier molecular flexibility index (Phi) is 6.36. The van der Waals surface area contributed by atoms with Gasteiger partial charge in [0.05, 0.1) is 5.56 Å². The molecule has 19 heavy (non-hydrogen) atoms. The maximum atomic E-state index is 11.7. The zero-order valence-electron chi connectivity index (χ0n) is 12.0. The number of esters is 1. The number of hydrogen-bond acceptors (Lipinski definition) is 4. The molecule has 0 aliphatic heterocycles. The van der Waals surface area contributed by atoms with Crippen LogP contribution >= 0.6 is 0 Å². The molecule has 1 rings (SSSR count). The molecule has 0 aliphatic carbocycles. The molecule has 1 aromatic carbocycles. The molecule has 1 aromatic rings. The average Bonchev–Trinajstić information content (AvgIpc) is 2.34. The molecule has 0 fully saturated rings. The summed E-state index contributed by atoms with van der Waals surface area (Å²) in [7, 11) is 0. The van der Waals surface area contributed by atoms with Crippen molar-refractivity contribution in [2.45, 2.75) is 33.2 Å². The van der Waals surface area contributed by atoms with Crippen LogP contribution in [-0.2, 0) is 4.74 Å². The van der Waals surface area contributed by atoms with Crippen LogP contribution in [0.2, 0.25) is 0 Å². The van der Waals surface area contributed by atoms with Gasteiger partial charge in [0.1, 0.15) is 6.61 Å². The molecule has 3 N–H and O–H groups in total. The summed E-state index contributed by atoms with van der Waals surface area (Å²) < 4.78 is 5.18. The first-order valence-corrected chi connectivity index (χ1v) is 6.75. The van der Waals surface area contributed by atoms with Gasteiger partial charge in [0.2, 0.25) is 0 Å². The summed E-state index contributed by atoms with van der Waals surface area (Å²) in [6.07, 6.45) is 1.12. The Morgan fingerprint density at radius 1 is 1.26 bits per heavy atom. The van der Waals surface area contributed by atoms with E-state index >= 15 is 0 Å². The Bertz CT molecular complexity index is 388. The highest BCUT2D eigenvalue weighted by Crippen LogP contribution is 2.07. The van der Waals surface area contributed by atoms with E-state index in [0.29, 0.717) is 36.4 Å². The number of ether oxygens (including phenoxy) is 1. The van der Waals surface area contributed by atoms with E-state index in [1.165, 1.54) is 0 Å². The normalized spacial score (nSPS) is 12.4. The lowest BCUT2D eigenvalue weighted by Crippen LogP contribution is -2.31. The highest BCUT2D eigenvalue weighted by Gasteiger charge is 2.07. The number of benzene rings is 1. The van der Waals surface area contributed by atoms with Gasteiger partial charge >= 0.3 is 5.97 Å². The largest absolute Gasteiger partial charge is 0.461 e. The minimum absolute atomic E-state index is 0.307. The van der Waals surface area contributed by atoms with Gasteiger partial charge in [0, 0.05) is 18.3 Å². The lowest BCUT2D eigenvalue weighted by molar-refractivity contribution is 0.0505. The van der Waals surface area contributed by atoms with E-state index in [2.05, 4.69) is 26.1 Å². The molecular formula is C15H24N2O2. The predicted molar refractivity (Wildman–Crippen MR) is 78.1 cm³/mol. The van der Waals surface area contributed by atoms with Crippen LogP contribution in [0.25, 0.3) is 0 Å². The number of nitrogens with one attached hydrogen (secondary N) is 1. The molecule has 0 amide bonds. The second-order valence-electron chi connectivity index (χ2n) is 5.24. The standard InChI is InChI=1S/C15H24N2O2/c1-11(2)10-12(3)17-8-9-19-15(18)13-4-6-14(16)7-5-13/h4-7,11-12,17H,8-10,16H2,1-3H3/t12-/m0/s1. The maximum Gasteiger partial charge on any atom is 0.338 e. The first-order valence-electron chi connectivity index (χ1n) is 6.75. The summed E-state index contributed by atoms with van der Waals surface area (Å²) >= 11 is 0. The number of nitrogen functional groups attached to an aromatic ring is 1. The van der Waals surface area contributed by atoms with Crippen molar-refractivity contribution < 1.29 is 9.53 Å². The molecule has 0 radical (unpaired) electrons. The quantitative estimate of drug-likeness (QED) is 0.451. The van der Waals surface area contributed by atoms with Gasteiger partial charge in [-0.2, -0.15) is 0 Å². The van der Waals surface area contributed by atoms with Crippen molar-refractivity contribution in [1.82, 2.24) is 5.32 Å². The Balaban J connectivity index is 2.22. The lowest BCUT2D eigenvalue weighted by atomic mass is 10.1. The minimum atomic E-state index is -0.307. The van der Waals surface area contributed by atoms with Crippen LogP contribution in [0.1, 0.15) is 37.6 Å². The predicted octanol–water partition coefficient (Wildman–Crippen LogP) is 2.45. The Morgan fingerprint density at radius 3 is 2.47 bits per heavy atom. The molecule has 0 aromatic heterocycles.